The molecule has 2 aromatic carbocycles. The van der Waals surface area contributed by atoms with Crippen LogP contribution in [0, 0.1) is 18.6 Å². The van der Waals surface area contributed by atoms with E-state index in [9.17, 15) is 13.6 Å². The number of rotatable bonds is 3. The molecule has 4 nitrogen and oxygen atoms in total. The summed E-state index contributed by atoms with van der Waals surface area (Å²) in [5.41, 5.74) is 3.02. The van der Waals surface area contributed by atoms with Crippen molar-refractivity contribution in [2.75, 3.05) is 5.32 Å². The fourth-order valence-electron chi connectivity index (χ4n) is 3.60. The highest BCUT2D eigenvalue weighted by Crippen LogP contribution is 2.28. The SMILES string of the molecule is Cc1ccc(-c2nc(C(=O)Nc3cc(F)ccc3F)c3n2CCCCC3)cc1. The van der Waals surface area contributed by atoms with Crippen molar-refractivity contribution in [3.8, 4) is 11.4 Å². The van der Waals surface area contributed by atoms with E-state index < -0.39 is 17.5 Å². The second-order valence-electron chi connectivity index (χ2n) is 7.14. The molecule has 144 valence electrons. The second-order valence-corrected chi connectivity index (χ2v) is 7.14. The Morgan fingerprint density at radius 1 is 1.07 bits per heavy atom. The Bertz CT molecular complexity index is 1030. The van der Waals surface area contributed by atoms with Gasteiger partial charge in [0, 0.05) is 18.2 Å². The molecule has 1 amide bonds. The van der Waals surface area contributed by atoms with Crippen molar-refractivity contribution in [1.82, 2.24) is 9.55 Å². The van der Waals surface area contributed by atoms with E-state index in [1.807, 2.05) is 31.2 Å². The van der Waals surface area contributed by atoms with E-state index in [1.165, 1.54) is 0 Å². The molecule has 0 saturated heterocycles. The van der Waals surface area contributed by atoms with Crippen molar-refractivity contribution in [1.29, 1.82) is 0 Å². The maximum Gasteiger partial charge on any atom is 0.276 e. The van der Waals surface area contributed by atoms with Gasteiger partial charge in [0.1, 0.15) is 23.2 Å². The monoisotopic (exact) mass is 381 g/mol. The molecule has 0 fully saturated rings. The molecule has 1 aromatic heterocycles. The van der Waals surface area contributed by atoms with Crippen LogP contribution < -0.4 is 5.32 Å². The van der Waals surface area contributed by atoms with Crippen molar-refractivity contribution in [3.63, 3.8) is 0 Å². The molecule has 0 spiro atoms. The Labute approximate surface area is 162 Å². The molecule has 1 N–H and O–H groups in total. The summed E-state index contributed by atoms with van der Waals surface area (Å²) in [6.07, 6.45) is 3.79. The molecule has 6 heteroatoms. The number of aromatic nitrogens is 2. The molecule has 0 radical (unpaired) electrons. The predicted octanol–water partition coefficient (Wildman–Crippen LogP) is 5.12. The number of anilines is 1. The third-order valence-corrected chi connectivity index (χ3v) is 5.07. The number of aryl methyl sites for hydroxylation is 1. The van der Waals surface area contributed by atoms with Gasteiger partial charge < -0.3 is 9.88 Å². The fraction of sp³-hybridized carbons (Fsp3) is 0.273. The number of hydrogen-bond acceptors (Lipinski definition) is 2. The van der Waals surface area contributed by atoms with Crippen LogP contribution in [0.4, 0.5) is 14.5 Å². The predicted molar refractivity (Wildman–Crippen MR) is 104 cm³/mol. The zero-order chi connectivity index (χ0) is 19.7. The van der Waals surface area contributed by atoms with Gasteiger partial charge >= 0.3 is 0 Å². The topological polar surface area (TPSA) is 46.9 Å². The number of halogens is 2. The summed E-state index contributed by atoms with van der Waals surface area (Å²) in [6.45, 7) is 2.80. The van der Waals surface area contributed by atoms with Crippen LogP contribution in [-0.4, -0.2) is 15.5 Å². The molecule has 1 aliphatic rings. The standard InChI is InChI=1S/C22H21F2N3O/c1-14-6-8-15(9-7-14)21-26-20(19-5-3-2-4-12-27(19)21)22(28)25-18-13-16(23)10-11-17(18)24/h6-11,13H,2-5,12H2,1H3,(H,25,28). The number of fused-ring (bicyclic) bond motifs is 1. The molecule has 0 saturated carbocycles. The van der Waals surface area contributed by atoms with Gasteiger partial charge in [-0.1, -0.05) is 36.2 Å². The average molecular weight is 381 g/mol. The van der Waals surface area contributed by atoms with E-state index in [0.717, 1.165) is 73.1 Å². The van der Waals surface area contributed by atoms with E-state index in [0.29, 0.717) is 0 Å². The lowest BCUT2D eigenvalue weighted by Gasteiger charge is -2.09. The van der Waals surface area contributed by atoms with E-state index in [-0.39, 0.29) is 11.4 Å². The molecule has 4 rings (SSSR count). The van der Waals surface area contributed by atoms with Crippen LogP contribution in [0.5, 0.6) is 0 Å². The molecule has 0 aliphatic carbocycles. The molecule has 2 heterocycles. The van der Waals surface area contributed by atoms with Crippen LogP contribution in [0.3, 0.4) is 0 Å². The summed E-state index contributed by atoms with van der Waals surface area (Å²) in [4.78, 5) is 17.5. The molecular formula is C22H21F2N3O. The lowest BCUT2D eigenvalue weighted by molar-refractivity contribution is 0.102. The molecule has 0 atom stereocenters. The van der Waals surface area contributed by atoms with Gasteiger partial charge in [0.15, 0.2) is 0 Å². The number of imidazole rings is 1. The maximum absolute atomic E-state index is 14.0. The Hall–Kier alpha value is -3.02. The number of hydrogen-bond donors (Lipinski definition) is 1. The maximum atomic E-state index is 14.0. The number of benzene rings is 2. The van der Waals surface area contributed by atoms with E-state index >= 15 is 0 Å². The normalized spacial score (nSPS) is 13.7. The van der Waals surface area contributed by atoms with Gasteiger partial charge in [-0.05, 0) is 38.3 Å². The zero-order valence-electron chi connectivity index (χ0n) is 15.6. The smallest absolute Gasteiger partial charge is 0.276 e. The van der Waals surface area contributed by atoms with Crippen LogP contribution in [-0.2, 0) is 13.0 Å². The minimum atomic E-state index is -0.682. The first-order valence-electron chi connectivity index (χ1n) is 9.46. The summed E-state index contributed by atoms with van der Waals surface area (Å²) in [5.74, 6) is -1.07. The van der Waals surface area contributed by atoms with E-state index in [1.54, 1.807) is 0 Å². The highest BCUT2D eigenvalue weighted by Gasteiger charge is 2.25. The van der Waals surface area contributed by atoms with Gasteiger partial charge in [0.05, 0.1) is 11.4 Å². The Morgan fingerprint density at radius 3 is 2.64 bits per heavy atom. The minimum absolute atomic E-state index is 0.183. The largest absolute Gasteiger partial charge is 0.327 e. The molecular weight excluding hydrogens is 360 g/mol. The summed E-state index contributed by atoms with van der Waals surface area (Å²) < 4.78 is 29.5. The lowest BCUT2D eigenvalue weighted by Crippen LogP contribution is -2.16. The number of amides is 1. The molecule has 28 heavy (non-hydrogen) atoms. The zero-order valence-corrected chi connectivity index (χ0v) is 15.6. The van der Waals surface area contributed by atoms with Crippen LogP contribution in [0.15, 0.2) is 42.5 Å². The van der Waals surface area contributed by atoms with Crippen LogP contribution in [0.2, 0.25) is 0 Å². The van der Waals surface area contributed by atoms with Crippen molar-refractivity contribution < 1.29 is 13.6 Å². The Balaban J connectivity index is 1.75. The second kappa shape index (κ2) is 7.54. The Morgan fingerprint density at radius 2 is 1.86 bits per heavy atom. The first-order valence-corrected chi connectivity index (χ1v) is 9.46. The quantitative estimate of drug-likeness (QED) is 0.685. The summed E-state index contributed by atoms with van der Waals surface area (Å²) >= 11 is 0. The van der Waals surface area contributed by atoms with E-state index in [4.69, 9.17) is 0 Å². The number of carbonyl (C=O) groups is 1. The Kier molecular flexibility index (Phi) is 4.94. The number of nitrogens with one attached hydrogen (secondary N) is 1. The van der Waals surface area contributed by atoms with E-state index in [2.05, 4.69) is 14.9 Å². The number of carbonyl (C=O) groups excluding carboxylic acids is 1. The van der Waals surface area contributed by atoms with Crippen molar-refractivity contribution in [2.45, 2.75) is 39.2 Å². The van der Waals surface area contributed by atoms with Crippen molar-refractivity contribution in [2.24, 2.45) is 0 Å². The van der Waals surface area contributed by atoms with Crippen molar-refractivity contribution in [3.05, 3.63) is 71.1 Å². The first-order chi connectivity index (χ1) is 13.5. The summed E-state index contributed by atoms with van der Waals surface area (Å²) in [6, 6.07) is 11.0. The third-order valence-electron chi connectivity index (χ3n) is 5.07. The fourth-order valence-corrected chi connectivity index (χ4v) is 3.60. The van der Waals surface area contributed by atoms with Gasteiger partial charge in [-0.15, -0.1) is 0 Å². The van der Waals surface area contributed by atoms with Gasteiger partial charge in [0.2, 0.25) is 0 Å². The van der Waals surface area contributed by atoms with Crippen LogP contribution in [0.1, 0.15) is 41.0 Å². The molecule has 1 aliphatic heterocycles. The van der Waals surface area contributed by atoms with Gasteiger partial charge in [-0.2, -0.15) is 0 Å². The molecule has 3 aromatic rings. The van der Waals surface area contributed by atoms with Gasteiger partial charge in [0.25, 0.3) is 5.91 Å². The highest BCUT2D eigenvalue weighted by molar-refractivity contribution is 6.04. The summed E-state index contributed by atoms with van der Waals surface area (Å²) in [7, 11) is 0. The first kappa shape index (κ1) is 18.3. The summed E-state index contributed by atoms with van der Waals surface area (Å²) in [5, 5.41) is 2.48. The third kappa shape index (κ3) is 3.54. The van der Waals surface area contributed by atoms with Crippen LogP contribution in [0.25, 0.3) is 11.4 Å². The molecule has 0 unspecified atom stereocenters. The average Bonchev–Trinajstić information content (AvgIpc) is 2.87. The van der Waals surface area contributed by atoms with Crippen molar-refractivity contribution >= 4 is 11.6 Å². The van der Waals surface area contributed by atoms with Gasteiger partial charge in [-0.25, -0.2) is 13.8 Å². The molecule has 0 bridgehead atoms. The number of nitrogens with zero attached hydrogens (tertiary/aromatic N) is 2. The minimum Gasteiger partial charge on any atom is -0.327 e. The van der Waals surface area contributed by atoms with Crippen LogP contribution >= 0.6 is 0 Å². The lowest BCUT2D eigenvalue weighted by atomic mass is 10.1. The highest BCUT2D eigenvalue weighted by atomic mass is 19.1. The van der Waals surface area contributed by atoms with Gasteiger partial charge in [-0.3, -0.25) is 4.79 Å².